The van der Waals surface area contributed by atoms with Crippen molar-refractivity contribution in [2.24, 2.45) is 0 Å². The third-order valence-electron chi connectivity index (χ3n) is 2.56. The zero-order valence-electron chi connectivity index (χ0n) is 9.30. The Kier molecular flexibility index (Phi) is 3.79. The highest BCUT2D eigenvalue weighted by molar-refractivity contribution is 9.09. The van der Waals surface area contributed by atoms with Crippen molar-refractivity contribution in [2.45, 2.75) is 25.6 Å². The van der Waals surface area contributed by atoms with Gasteiger partial charge in [-0.15, -0.1) is 22.7 Å². The van der Waals surface area contributed by atoms with E-state index in [0.29, 0.717) is 0 Å². The zero-order chi connectivity index (χ0) is 11.9. The Morgan fingerprint density at radius 1 is 1.06 bits per heavy atom. The summed E-state index contributed by atoms with van der Waals surface area (Å²) in [6.07, 6.45) is 0. The average Bonchev–Trinajstić information content (AvgIpc) is 2.72. The van der Waals surface area contributed by atoms with E-state index in [1.54, 1.807) is 11.3 Å². The Morgan fingerprint density at radius 2 is 1.62 bits per heavy atom. The maximum atomic E-state index is 6.10. The Balaban J connectivity index is 2.34. The van der Waals surface area contributed by atoms with E-state index >= 15 is 0 Å². The van der Waals surface area contributed by atoms with Crippen molar-refractivity contribution in [3.63, 3.8) is 0 Å². The van der Waals surface area contributed by atoms with Crippen LogP contribution >= 0.6 is 50.2 Å². The average molecular weight is 336 g/mol. The normalized spacial score (nSPS) is 13.1. The minimum Gasteiger partial charge on any atom is -0.144 e. The fourth-order valence-corrected chi connectivity index (χ4v) is 4.63. The van der Waals surface area contributed by atoms with Crippen LogP contribution < -0.4 is 0 Å². The standard InChI is InChI=1S/C12H12BrClS2/c1-6-4-9(15-8(6)3)11(13)10-5-7(2)12(14)16-10/h4-5,11H,1-3H3. The van der Waals surface area contributed by atoms with E-state index in [4.69, 9.17) is 11.6 Å². The van der Waals surface area contributed by atoms with Crippen molar-refractivity contribution in [1.82, 2.24) is 0 Å². The molecule has 0 N–H and O–H groups in total. The van der Waals surface area contributed by atoms with E-state index < -0.39 is 0 Å². The molecule has 0 amide bonds. The number of thiophene rings is 2. The van der Waals surface area contributed by atoms with Gasteiger partial charge < -0.3 is 0 Å². The highest BCUT2D eigenvalue weighted by Crippen LogP contribution is 2.41. The predicted octanol–water partition coefficient (Wildman–Crippen LogP) is 5.87. The van der Waals surface area contributed by atoms with Gasteiger partial charge in [0.1, 0.15) is 0 Å². The highest BCUT2D eigenvalue weighted by atomic mass is 79.9. The van der Waals surface area contributed by atoms with Gasteiger partial charge in [-0.3, -0.25) is 0 Å². The summed E-state index contributed by atoms with van der Waals surface area (Å²) in [5.74, 6) is 0. The number of hydrogen-bond donors (Lipinski definition) is 0. The maximum absolute atomic E-state index is 6.10. The van der Waals surface area contributed by atoms with Crippen LogP contribution in [0.15, 0.2) is 12.1 Å². The summed E-state index contributed by atoms with van der Waals surface area (Å²) >= 11 is 13.4. The lowest BCUT2D eigenvalue weighted by molar-refractivity contribution is 1.27. The fraction of sp³-hybridized carbons (Fsp3) is 0.333. The number of aryl methyl sites for hydroxylation is 3. The van der Waals surface area contributed by atoms with Gasteiger partial charge in [0.25, 0.3) is 0 Å². The molecule has 0 aliphatic heterocycles. The van der Waals surface area contributed by atoms with E-state index in [2.05, 4.69) is 41.9 Å². The first-order valence-corrected chi connectivity index (χ1v) is 7.88. The fourth-order valence-electron chi connectivity index (χ4n) is 1.48. The van der Waals surface area contributed by atoms with E-state index in [1.807, 2.05) is 18.3 Å². The Morgan fingerprint density at radius 3 is 2.06 bits per heavy atom. The second-order valence-electron chi connectivity index (χ2n) is 3.86. The summed E-state index contributed by atoms with van der Waals surface area (Å²) in [6.45, 7) is 6.37. The third kappa shape index (κ3) is 2.37. The highest BCUT2D eigenvalue weighted by Gasteiger charge is 2.17. The SMILES string of the molecule is Cc1cc(C(Br)c2cc(C)c(Cl)s2)sc1C. The van der Waals surface area contributed by atoms with Crippen LogP contribution in [-0.2, 0) is 0 Å². The van der Waals surface area contributed by atoms with Crippen molar-refractivity contribution in [3.05, 3.63) is 42.2 Å². The summed E-state index contributed by atoms with van der Waals surface area (Å²) in [5, 5.41) is 0. The minimum absolute atomic E-state index is 0.279. The van der Waals surface area contributed by atoms with E-state index in [1.165, 1.54) is 20.2 Å². The largest absolute Gasteiger partial charge is 0.144 e. The molecule has 86 valence electrons. The van der Waals surface area contributed by atoms with E-state index in [9.17, 15) is 0 Å². The first kappa shape index (κ1) is 12.6. The lowest BCUT2D eigenvalue weighted by Crippen LogP contribution is -1.83. The quantitative estimate of drug-likeness (QED) is 0.602. The molecule has 0 fully saturated rings. The van der Waals surface area contributed by atoms with Gasteiger partial charge in [-0.05, 0) is 44.0 Å². The molecule has 0 nitrogen and oxygen atoms in total. The molecule has 0 aromatic carbocycles. The van der Waals surface area contributed by atoms with Crippen LogP contribution in [0.4, 0.5) is 0 Å². The van der Waals surface area contributed by atoms with E-state index in [-0.39, 0.29) is 4.83 Å². The second-order valence-corrected chi connectivity index (χ2v) is 7.75. The van der Waals surface area contributed by atoms with Gasteiger partial charge in [-0.2, -0.15) is 0 Å². The molecule has 1 atom stereocenters. The lowest BCUT2D eigenvalue weighted by Gasteiger charge is -2.03. The molecule has 2 aromatic rings. The zero-order valence-corrected chi connectivity index (χ0v) is 13.3. The van der Waals surface area contributed by atoms with Gasteiger partial charge in [0, 0.05) is 14.6 Å². The summed E-state index contributed by atoms with van der Waals surface area (Å²) in [5.41, 5.74) is 2.53. The van der Waals surface area contributed by atoms with Crippen LogP contribution in [0.25, 0.3) is 0 Å². The van der Waals surface area contributed by atoms with Gasteiger partial charge >= 0.3 is 0 Å². The van der Waals surface area contributed by atoms with E-state index in [0.717, 1.165) is 9.90 Å². The molecule has 0 aliphatic rings. The topological polar surface area (TPSA) is 0 Å². The number of rotatable bonds is 2. The smallest absolute Gasteiger partial charge is 0.0960 e. The molecule has 2 rings (SSSR count). The molecule has 4 heteroatoms. The van der Waals surface area contributed by atoms with Gasteiger partial charge in [0.05, 0.1) is 9.16 Å². The van der Waals surface area contributed by atoms with Gasteiger partial charge in [-0.1, -0.05) is 27.5 Å². The lowest BCUT2D eigenvalue weighted by atomic mass is 10.2. The summed E-state index contributed by atoms with van der Waals surface area (Å²) < 4.78 is 0.893. The number of hydrogen-bond acceptors (Lipinski definition) is 2. The van der Waals surface area contributed by atoms with Gasteiger partial charge in [0.15, 0.2) is 0 Å². The molecule has 0 saturated carbocycles. The molecular weight excluding hydrogens is 324 g/mol. The van der Waals surface area contributed by atoms with Crippen LogP contribution in [0, 0.1) is 20.8 Å². The third-order valence-corrected chi connectivity index (χ3v) is 6.99. The first-order chi connectivity index (χ1) is 7.49. The van der Waals surface area contributed by atoms with Crippen molar-refractivity contribution in [3.8, 4) is 0 Å². The molecule has 2 aromatic heterocycles. The van der Waals surface area contributed by atoms with Crippen LogP contribution in [-0.4, -0.2) is 0 Å². The molecule has 0 saturated heterocycles. The number of halogens is 2. The Labute approximate surface area is 117 Å². The Hall–Kier alpha value is 0.170. The maximum Gasteiger partial charge on any atom is 0.0960 e. The summed E-state index contributed by atoms with van der Waals surface area (Å²) in [4.78, 5) is 4.30. The molecule has 1 unspecified atom stereocenters. The molecular formula is C12H12BrClS2. The monoisotopic (exact) mass is 334 g/mol. The first-order valence-electron chi connectivity index (χ1n) is 4.96. The molecule has 0 bridgehead atoms. The molecule has 0 aliphatic carbocycles. The van der Waals surface area contributed by atoms with Gasteiger partial charge in [0.2, 0.25) is 0 Å². The predicted molar refractivity (Wildman–Crippen MR) is 78.6 cm³/mol. The van der Waals surface area contributed by atoms with Crippen LogP contribution in [0.1, 0.15) is 30.6 Å². The molecule has 2 heterocycles. The summed E-state index contributed by atoms with van der Waals surface area (Å²) in [7, 11) is 0. The van der Waals surface area contributed by atoms with Crippen LogP contribution in [0.3, 0.4) is 0 Å². The van der Waals surface area contributed by atoms with Crippen molar-refractivity contribution < 1.29 is 0 Å². The van der Waals surface area contributed by atoms with Crippen LogP contribution in [0.5, 0.6) is 0 Å². The molecule has 0 spiro atoms. The Bertz CT molecular complexity index is 428. The van der Waals surface area contributed by atoms with Crippen molar-refractivity contribution in [1.29, 1.82) is 0 Å². The van der Waals surface area contributed by atoms with Crippen molar-refractivity contribution in [2.75, 3.05) is 0 Å². The number of alkyl halides is 1. The molecule has 16 heavy (non-hydrogen) atoms. The molecule has 0 radical (unpaired) electrons. The minimum atomic E-state index is 0.279. The van der Waals surface area contributed by atoms with Gasteiger partial charge in [-0.25, -0.2) is 0 Å². The van der Waals surface area contributed by atoms with Crippen molar-refractivity contribution >= 4 is 50.2 Å². The summed E-state index contributed by atoms with van der Waals surface area (Å²) in [6, 6.07) is 4.42. The van der Waals surface area contributed by atoms with Crippen LogP contribution in [0.2, 0.25) is 4.34 Å². The second kappa shape index (κ2) is 4.81.